The van der Waals surface area contributed by atoms with E-state index in [1.807, 2.05) is 17.0 Å². The summed E-state index contributed by atoms with van der Waals surface area (Å²) >= 11 is 0. The van der Waals surface area contributed by atoms with Gasteiger partial charge < -0.3 is 24.8 Å². The van der Waals surface area contributed by atoms with Crippen molar-refractivity contribution in [2.24, 2.45) is 0 Å². The number of aromatic nitrogens is 2. The van der Waals surface area contributed by atoms with E-state index in [-0.39, 0.29) is 11.9 Å². The summed E-state index contributed by atoms with van der Waals surface area (Å²) in [6.07, 6.45) is 4.70. The number of fused-ring (bicyclic) bond motifs is 1. The highest BCUT2D eigenvalue weighted by Gasteiger charge is 2.28. The fourth-order valence-corrected chi connectivity index (χ4v) is 6.85. The van der Waals surface area contributed by atoms with Gasteiger partial charge in [-0.1, -0.05) is 0 Å². The van der Waals surface area contributed by atoms with Gasteiger partial charge in [0.2, 0.25) is 0 Å². The van der Waals surface area contributed by atoms with Gasteiger partial charge >= 0.3 is 16.1 Å². The number of urea groups is 1. The summed E-state index contributed by atoms with van der Waals surface area (Å²) in [5.74, 6) is 0.258. The van der Waals surface area contributed by atoms with Crippen LogP contribution in [0.5, 0.6) is 0 Å². The van der Waals surface area contributed by atoms with Crippen molar-refractivity contribution < 1.29 is 17.9 Å². The van der Waals surface area contributed by atoms with Crippen LogP contribution in [-0.2, 0) is 14.8 Å². The molecule has 4 heterocycles. The number of nitrogens with zero attached hydrogens (tertiary/aromatic N) is 6. The summed E-state index contributed by atoms with van der Waals surface area (Å²) in [7, 11) is -2.91. The lowest BCUT2D eigenvalue weighted by atomic mass is 9.91. The number of morpholine rings is 1. The molecule has 0 radical (unpaired) electrons. The number of nitrogens with one attached hydrogen (secondary N) is 1. The minimum absolute atomic E-state index is 0.0695. The van der Waals surface area contributed by atoms with Gasteiger partial charge in [-0.15, -0.1) is 0 Å². The summed E-state index contributed by atoms with van der Waals surface area (Å²) in [6.45, 7) is 7.06. The Morgan fingerprint density at radius 2 is 1.56 bits per heavy atom. The lowest BCUT2D eigenvalue weighted by Crippen LogP contribution is -2.48. The first-order chi connectivity index (χ1) is 19.8. The molecule has 2 aromatic carbocycles. The predicted molar refractivity (Wildman–Crippen MR) is 161 cm³/mol. The zero-order chi connectivity index (χ0) is 28.4. The van der Waals surface area contributed by atoms with Crippen molar-refractivity contribution >= 4 is 44.0 Å². The standard InChI is InChI=1S/C29H37N7O4S/c1-41(38,39)36-14-12-33(13-15-36)25-6-7-26-27(20-25)30-21-31-28(26)22-8-10-35(11-9-22)29(37)32-23-2-4-24(5-3-23)34-16-18-40-19-17-34/h2-7,20-22H,8-19H2,1H3,(H,32,37)/p+1. The van der Waals surface area contributed by atoms with E-state index in [9.17, 15) is 13.2 Å². The summed E-state index contributed by atoms with van der Waals surface area (Å²) in [6, 6.07) is 14.2. The molecule has 41 heavy (non-hydrogen) atoms. The van der Waals surface area contributed by atoms with E-state index < -0.39 is 10.0 Å². The molecule has 3 fully saturated rings. The van der Waals surface area contributed by atoms with Crippen LogP contribution in [0.3, 0.4) is 0 Å². The van der Waals surface area contributed by atoms with Gasteiger partial charge in [0.25, 0.3) is 0 Å². The summed E-state index contributed by atoms with van der Waals surface area (Å²) in [4.78, 5) is 28.6. The van der Waals surface area contributed by atoms with Gasteiger partial charge in [-0.25, -0.2) is 19.0 Å². The van der Waals surface area contributed by atoms with Crippen LogP contribution in [0, 0.1) is 0 Å². The molecule has 3 aromatic rings. The van der Waals surface area contributed by atoms with Gasteiger partial charge in [-0.05, 0) is 55.3 Å². The molecule has 2 N–H and O–H groups in total. The molecule has 11 nitrogen and oxygen atoms in total. The number of amides is 2. The second-order valence-corrected chi connectivity index (χ2v) is 13.0. The third-order valence-corrected chi connectivity index (χ3v) is 9.72. The van der Waals surface area contributed by atoms with E-state index in [1.165, 1.54) is 6.26 Å². The van der Waals surface area contributed by atoms with E-state index in [1.54, 1.807) is 10.6 Å². The topological polar surface area (TPSA) is 116 Å². The highest BCUT2D eigenvalue weighted by molar-refractivity contribution is 7.88. The first kappa shape index (κ1) is 27.7. The minimum atomic E-state index is -2.91. The fourth-order valence-electron chi connectivity index (χ4n) is 6.01. The number of benzene rings is 2. The fraction of sp³-hybridized carbons (Fsp3) is 0.483. The average molecular weight is 581 g/mol. The van der Waals surface area contributed by atoms with E-state index >= 15 is 0 Å². The highest BCUT2D eigenvalue weighted by Crippen LogP contribution is 2.33. The van der Waals surface area contributed by atoms with Crippen molar-refractivity contribution in [3.05, 3.63) is 54.5 Å². The molecule has 6 rings (SSSR count). The van der Waals surface area contributed by atoms with Crippen LogP contribution in [0.15, 0.2) is 48.8 Å². The molecule has 0 spiro atoms. The smallest absolute Gasteiger partial charge is 0.342 e. The van der Waals surface area contributed by atoms with Crippen molar-refractivity contribution in [3.8, 4) is 0 Å². The molecule has 3 aliphatic rings. The van der Waals surface area contributed by atoms with Crippen molar-refractivity contribution in [2.45, 2.75) is 18.8 Å². The summed E-state index contributed by atoms with van der Waals surface area (Å²) in [5, 5.41) is 4.10. The van der Waals surface area contributed by atoms with E-state index in [0.29, 0.717) is 39.3 Å². The van der Waals surface area contributed by atoms with Crippen molar-refractivity contribution in [1.29, 1.82) is 0 Å². The Hall–Kier alpha value is -3.48. The first-order valence-corrected chi connectivity index (χ1v) is 16.2. The SMILES string of the molecule is CS(=O)(=[OH+])N1CCN(c2ccc3c(C4CCN(C(=O)Nc5ccc(N6CCOCC6)cc5)CC4)ncnc3c2)CC1. The van der Waals surface area contributed by atoms with Crippen LogP contribution in [0.1, 0.15) is 24.5 Å². The van der Waals surface area contributed by atoms with Crippen LogP contribution in [0.2, 0.25) is 0 Å². The maximum atomic E-state index is 13.0. The quantitative estimate of drug-likeness (QED) is 0.461. The highest BCUT2D eigenvalue weighted by atomic mass is 32.2. The van der Waals surface area contributed by atoms with Crippen molar-refractivity contribution in [2.75, 3.05) is 86.9 Å². The van der Waals surface area contributed by atoms with Crippen molar-refractivity contribution in [1.82, 2.24) is 19.2 Å². The molecule has 2 amide bonds. The number of ether oxygens (including phenoxy) is 1. The molecule has 1 aromatic heterocycles. The molecule has 3 saturated heterocycles. The van der Waals surface area contributed by atoms with E-state index in [4.69, 9.17) is 4.74 Å². The Kier molecular flexibility index (Phi) is 7.96. The number of rotatable bonds is 5. The first-order valence-electron chi connectivity index (χ1n) is 14.3. The second kappa shape index (κ2) is 11.8. The van der Waals surface area contributed by atoms with E-state index in [0.717, 1.165) is 72.8 Å². The molecular weight excluding hydrogens is 542 g/mol. The Morgan fingerprint density at radius 1 is 0.902 bits per heavy atom. The van der Waals surface area contributed by atoms with Gasteiger partial charge in [0, 0.05) is 80.7 Å². The number of carbonyl (C=O) groups is 1. The molecule has 1 unspecified atom stereocenters. The number of likely N-dealkylation sites (tertiary alicyclic amines) is 1. The Morgan fingerprint density at radius 3 is 2.24 bits per heavy atom. The zero-order valence-electron chi connectivity index (χ0n) is 23.4. The molecule has 218 valence electrons. The normalized spacial score (nSPS) is 20.7. The molecule has 0 bridgehead atoms. The van der Waals surface area contributed by atoms with Crippen molar-refractivity contribution in [3.63, 3.8) is 0 Å². The number of anilines is 3. The minimum Gasteiger partial charge on any atom is -0.378 e. The van der Waals surface area contributed by atoms with Gasteiger partial charge in [0.05, 0.1) is 24.4 Å². The Bertz CT molecular complexity index is 1480. The van der Waals surface area contributed by atoms with Crippen LogP contribution in [0.4, 0.5) is 21.9 Å². The van der Waals surface area contributed by atoms with Crippen LogP contribution in [-0.4, -0.2) is 105 Å². The lowest BCUT2D eigenvalue weighted by Gasteiger charge is -2.33. The lowest BCUT2D eigenvalue weighted by molar-refractivity contribution is 0.122. The predicted octanol–water partition coefficient (Wildman–Crippen LogP) is 3.12. The molecule has 1 atom stereocenters. The number of hydrogen-bond donors (Lipinski definition) is 1. The van der Waals surface area contributed by atoms with Crippen LogP contribution in [0.25, 0.3) is 10.9 Å². The summed E-state index contributed by atoms with van der Waals surface area (Å²) in [5.41, 5.74) is 4.95. The molecule has 12 heteroatoms. The van der Waals surface area contributed by atoms with Gasteiger partial charge in [0.15, 0.2) is 0 Å². The van der Waals surface area contributed by atoms with Gasteiger partial charge in [-0.3, -0.25) is 0 Å². The Balaban J connectivity index is 1.05. The largest absolute Gasteiger partial charge is 0.378 e. The number of piperazine rings is 1. The van der Waals surface area contributed by atoms with Gasteiger partial charge in [-0.2, -0.15) is 8.51 Å². The molecule has 0 aliphatic carbocycles. The molecule has 3 aliphatic heterocycles. The number of carbonyl (C=O) groups excluding carboxylic acids is 1. The molecular formula is C29H38N7O4S+. The summed E-state index contributed by atoms with van der Waals surface area (Å²) < 4.78 is 28.9. The van der Waals surface area contributed by atoms with Crippen LogP contribution < -0.4 is 15.1 Å². The number of piperidine rings is 1. The zero-order valence-corrected chi connectivity index (χ0v) is 24.3. The third kappa shape index (κ3) is 6.24. The van der Waals surface area contributed by atoms with Gasteiger partial charge in [0.1, 0.15) is 12.6 Å². The van der Waals surface area contributed by atoms with Crippen LogP contribution >= 0.6 is 0 Å². The number of hydrogen-bond acceptors (Lipinski definition) is 7. The average Bonchev–Trinajstić information content (AvgIpc) is 3.01. The monoisotopic (exact) mass is 580 g/mol. The second-order valence-electron chi connectivity index (χ2n) is 11.0. The third-order valence-electron chi connectivity index (χ3n) is 8.40. The maximum absolute atomic E-state index is 13.0. The maximum Gasteiger partial charge on any atom is 0.342 e. The van der Waals surface area contributed by atoms with E-state index in [2.05, 4.69) is 55.4 Å². The Labute approximate surface area is 241 Å². The molecule has 0 saturated carbocycles.